The second-order valence-corrected chi connectivity index (χ2v) is 7.75. The van der Waals surface area contributed by atoms with E-state index < -0.39 is 5.91 Å². The maximum Gasteiger partial charge on any atom is 0.294 e. The molecule has 4 rings (SSSR count). The second-order valence-electron chi connectivity index (χ2n) is 6.65. The maximum absolute atomic E-state index is 13.0. The van der Waals surface area contributed by atoms with Gasteiger partial charge in [-0.25, -0.2) is 0 Å². The third kappa shape index (κ3) is 2.99. The zero-order valence-electron chi connectivity index (χ0n) is 14.5. The van der Waals surface area contributed by atoms with E-state index in [0.29, 0.717) is 22.2 Å². The van der Waals surface area contributed by atoms with Gasteiger partial charge in [-0.3, -0.25) is 9.59 Å². The molecule has 3 heterocycles. The number of nitrogens with one attached hydrogen (secondary N) is 1. The Bertz CT molecular complexity index is 968. The van der Waals surface area contributed by atoms with Gasteiger partial charge in [-0.15, -0.1) is 11.3 Å². The van der Waals surface area contributed by atoms with Crippen molar-refractivity contribution in [3.05, 3.63) is 57.7 Å². The molecule has 3 aromatic heterocycles. The SMILES string of the molecule is Cc1cc(C(=O)Nc2sc3c(c2C(=O)c2ccco2)CC[C@@H](C)C3)on1. The largest absolute Gasteiger partial charge is 0.461 e. The van der Waals surface area contributed by atoms with Crippen LogP contribution in [0.2, 0.25) is 0 Å². The zero-order valence-corrected chi connectivity index (χ0v) is 15.3. The van der Waals surface area contributed by atoms with E-state index in [1.165, 1.54) is 17.6 Å². The molecule has 1 N–H and O–H groups in total. The Morgan fingerprint density at radius 2 is 2.19 bits per heavy atom. The standard InChI is InChI=1S/C19H18N2O4S/c1-10-5-6-12-15(8-10)26-19(16(12)17(22)13-4-3-7-24-13)20-18(23)14-9-11(2)21-25-14/h3-4,7,9-10H,5-6,8H2,1-2H3,(H,20,23)/t10-/m1/s1. The van der Waals surface area contributed by atoms with Crippen LogP contribution >= 0.6 is 11.3 Å². The van der Waals surface area contributed by atoms with Gasteiger partial charge in [0.25, 0.3) is 5.91 Å². The summed E-state index contributed by atoms with van der Waals surface area (Å²) in [6.45, 7) is 3.95. The number of thiophene rings is 1. The lowest BCUT2D eigenvalue weighted by molar-refractivity contribution is 0.0988. The molecule has 0 bridgehead atoms. The summed E-state index contributed by atoms with van der Waals surface area (Å²) in [5.74, 6) is 0.346. The molecule has 0 saturated carbocycles. The van der Waals surface area contributed by atoms with Gasteiger partial charge in [0.2, 0.25) is 11.5 Å². The first-order chi connectivity index (χ1) is 12.5. The molecule has 1 aliphatic carbocycles. The van der Waals surface area contributed by atoms with Gasteiger partial charge in [-0.2, -0.15) is 0 Å². The lowest BCUT2D eigenvalue weighted by atomic mass is 9.87. The van der Waals surface area contributed by atoms with Crippen LogP contribution < -0.4 is 5.32 Å². The van der Waals surface area contributed by atoms with Crippen molar-refractivity contribution in [2.45, 2.75) is 33.1 Å². The Balaban J connectivity index is 1.73. The van der Waals surface area contributed by atoms with E-state index in [1.807, 2.05) is 0 Å². The Kier molecular flexibility index (Phi) is 4.24. The molecule has 6 nitrogen and oxygen atoms in total. The number of hydrogen-bond acceptors (Lipinski definition) is 6. The molecule has 0 unspecified atom stereocenters. The van der Waals surface area contributed by atoms with E-state index in [0.717, 1.165) is 29.7 Å². The highest BCUT2D eigenvalue weighted by Crippen LogP contribution is 2.41. The minimum absolute atomic E-state index is 0.124. The normalized spacial score (nSPS) is 16.3. The number of anilines is 1. The maximum atomic E-state index is 13.0. The number of ketones is 1. The van der Waals surface area contributed by atoms with Gasteiger partial charge >= 0.3 is 0 Å². The van der Waals surface area contributed by atoms with E-state index in [9.17, 15) is 9.59 Å². The van der Waals surface area contributed by atoms with Crippen molar-refractivity contribution in [3.63, 3.8) is 0 Å². The van der Waals surface area contributed by atoms with Gasteiger partial charge in [0.05, 0.1) is 17.5 Å². The second kappa shape index (κ2) is 6.57. The summed E-state index contributed by atoms with van der Waals surface area (Å²) in [4.78, 5) is 26.6. The molecule has 0 spiro atoms. The molecular weight excluding hydrogens is 352 g/mol. The van der Waals surface area contributed by atoms with E-state index in [-0.39, 0.29) is 17.3 Å². The summed E-state index contributed by atoms with van der Waals surface area (Å²) in [7, 11) is 0. The number of carbonyl (C=O) groups excluding carboxylic acids is 2. The fraction of sp³-hybridized carbons (Fsp3) is 0.316. The predicted molar refractivity (Wildman–Crippen MR) is 96.8 cm³/mol. The predicted octanol–water partition coefficient (Wildman–Crippen LogP) is 4.25. The highest BCUT2D eigenvalue weighted by atomic mass is 32.1. The van der Waals surface area contributed by atoms with Crippen molar-refractivity contribution in [1.82, 2.24) is 5.16 Å². The number of hydrogen-bond donors (Lipinski definition) is 1. The van der Waals surface area contributed by atoms with Crippen molar-refractivity contribution in [1.29, 1.82) is 0 Å². The minimum Gasteiger partial charge on any atom is -0.461 e. The smallest absolute Gasteiger partial charge is 0.294 e. The zero-order chi connectivity index (χ0) is 18.3. The molecule has 0 aliphatic heterocycles. The number of aromatic nitrogens is 1. The monoisotopic (exact) mass is 370 g/mol. The van der Waals surface area contributed by atoms with Crippen LogP contribution in [0.4, 0.5) is 5.00 Å². The van der Waals surface area contributed by atoms with Gasteiger partial charge < -0.3 is 14.3 Å². The molecule has 3 aromatic rings. The van der Waals surface area contributed by atoms with Crippen molar-refractivity contribution >= 4 is 28.0 Å². The van der Waals surface area contributed by atoms with Crippen LogP contribution in [0.3, 0.4) is 0 Å². The number of nitrogens with zero attached hydrogens (tertiary/aromatic N) is 1. The molecule has 1 atom stereocenters. The van der Waals surface area contributed by atoms with Crippen molar-refractivity contribution in [2.75, 3.05) is 5.32 Å². The average molecular weight is 370 g/mol. The van der Waals surface area contributed by atoms with Gasteiger partial charge in [0.1, 0.15) is 5.00 Å². The van der Waals surface area contributed by atoms with E-state index in [1.54, 1.807) is 25.1 Å². The summed E-state index contributed by atoms with van der Waals surface area (Å²) >= 11 is 1.46. The minimum atomic E-state index is -0.411. The first-order valence-electron chi connectivity index (χ1n) is 8.50. The van der Waals surface area contributed by atoms with Gasteiger partial charge in [0, 0.05) is 10.9 Å². The van der Waals surface area contributed by atoms with Crippen LogP contribution in [0, 0.1) is 12.8 Å². The Labute approximate surface area is 154 Å². The summed E-state index contributed by atoms with van der Waals surface area (Å²) < 4.78 is 10.3. The van der Waals surface area contributed by atoms with E-state index in [2.05, 4.69) is 17.4 Å². The Morgan fingerprint density at radius 1 is 1.35 bits per heavy atom. The third-order valence-corrected chi connectivity index (χ3v) is 5.73. The number of rotatable bonds is 4. The molecule has 7 heteroatoms. The summed E-state index contributed by atoms with van der Waals surface area (Å²) in [6.07, 6.45) is 4.24. The van der Waals surface area contributed by atoms with E-state index in [4.69, 9.17) is 8.94 Å². The topological polar surface area (TPSA) is 85.3 Å². The van der Waals surface area contributed by atoms with Crippen LogP contribution in [0.15, 0.2) is 33.4 Å². The molecule has 0 radical (unpaired) electrons. The average Bonchev–Trinajstić information content (AvgIpc) is 3.33. The molecular formula is C19H18N2O4S. The van der Waals surface area contributed by atoms with Crippen LogP contribution in [0.1, 0.15) is 56.2 Å². The summed E-state index contributed by atoms with van der Waals surface area (Å²) in [6, 6.07) is 4.89. The lowest BCUT2D eigenvalue weighted by Crippen LogP contribution is -2.15. The molecule has 1 aliphatic rings. The Hall–Kier alpha value is -2.67. The van der Waals surface area contributed by atoms with Gasteiger partial charge in [0.15, 0.2) is 5.76 Å². The number of amides is 1. The van der Waals surface area contributed by atoms with Crippen molar-refractivity contribution in [3.8, 4) is 0 Å². The van der Waals surface area contributed by atoms with Gasteiger partial charge in [-0.05, 0) is 49.8 Å². The number of carbonyl (C=O) groups is 2. The van der Waals surface area contributed by atoms with Crippen LogP contribution in [0.5, 0.6) is 0 Å². The summed E-state index contributed by atoms with van der Waals surface area (Å²) in [5.41, 5.74) is 2.19. The third-order valence-electron chi connectivity index (χ3n) is 4.56. The van der Waals surface area contributed by atoms with Crippen molar-refractivity contribution in [2.24, 2.45) is 5.92 Å². The first-order valence-corrected chi connectivity index (χ1v) is 9.32. The van der Waals surface area contributed by atoms with Crippen LogP contribution in [-0.2, 0) is 12.8 Å². The molecule has 0 saturated heterocycles. The lowest BCUT2D eigenvalue weighted by Gasteiger charge is -2.18. The molecule has 0 aromatic carbocycles. The van der Waals surface area contributed by atoms with E-state index >= 15 is 0 Å². The summed E-state index contributed by atoms with van der Waals surface area (Å²) in [5, 5.41) is 7.12. The number of aryl methyl sites for hydroxylation is 1. The molecule has 1 amide bonds. The van der Waals surface area contributed by atoms with Gasteiger partial charge in [-0.1, -0.05) is 12.1 Å². The number of fused-ring (bicyclic) bond motifs is 1. The highest BCUT2D eigenvalue weighted by molar-refractivity contribution is 7.17. The fourth-order valence-corrected chi connectivity index (χ4v) is 4.65. The molecule has 26 heavy (non-hydrogen) atoms. The first kappa shape index (κ1) is 16.8. The van der Waals surface area contributed by atoms with Crippen LogP contribution in [-0.4, -0.2) is 16.8 Å². The molecule has 0 fully saturated rings. The quantitative estimate of drug-likeness (QED) is 0.694. The van der Waals surface area contributed by atoms with Crippen LogP contribution in [0.25, 0.3) is 0 Å². The highest BCUT2D eigenvalue weighted by Gasteiger charge is 2.30. The Morgan fingerprint density at radius 3 is 2.88 bits per heavy atom. The van der Waals surface area contributed by atoms with Crippen molar-refractivity contribution < 1.29 is 18.5 Å². The fourth-order valence-electron chi connectivity index (χ4n) is 3.25. The molecule has 134 valence electrons. The number of furan rings is 1.